The number of carbonyl (C=O) groups is 1. The molecule has 2 aliphatic heterocycles. The minimum Gasteiger partial charge on any atom is -0.342 e. The van der Waals surface area contributed by atoms with E-state index >= 15 is 0 Å². The van der Waals surface area contributed by atoms with Gasteiger partial charge in [-0.2, -0.15) is 13.2 Å². The molecule has 0 atom stereocenters. The summed E-state index contributed by atoms with van der Waals surface area (Å²) in [4.78, 5) is 23.3. The molecule has 3 aliphatic rings. The van der Waals surface area contributed by atoms with Crippen molar-refractivity contribution in [1.29, 1.82) is 0 Å². The van der Waals surface area contributed by atoms with Crippen molar-refractivity contribution in [2.45, 2.75) is 67.2 Å². The maximum Gasteiger partial charge on any atom is 0.416 e. The Labute approximate surface area is 287 Å². The van der Waals surface area contributed by atoms with Crippen LogP contribution in [0.3, 0.4) is 0 Å². The lowest BCUT2D eigenvalue weighted by Crippen LogP contribution is -2.44. The zero-order chi connectivity index (χ0) is 35.5. The van der Waals surface area contributed by atoms with Crippen LogP contribution in [0.25, 0.3) is 22.2 Å². The van der Waals surface area contributed by atoms with Gasteiger partial charge in [-0.25, -0.2) is 22.2 Å². The summed E-state index contributed by atoms with van der Waals surface area (Å²) < 4.78 is 95.2. The lowest BCUT2D eigenvalue weighted by Gasteiger charge is -2.37. The molecular weight excluding hydrogens is 675 g/mol. The number of benzene rings is 3. The fourth-order valence-electron chi connectivity index (χ4n) is 7.40. The average molecular weight is 713 g/mol. The second kappa shape index (κ2) is 12.7. The normalized spacial score (nSPS) is 19.9. The minimum absolute atomic E-state index is 0.0222. The number of likely N-dealkylation sites (tertiary alicyclic amines) is 2. The number of nitrogens with zero attached hydrogens (tertiary/aromatic N) is 3. The van der Waals surface area contributed by atoms with Gasteiger partial charge in [0.15, 0.2) is 9.84 Å². The van der Waals surface area contributed by atoms with E-state index in [1.807, 2.05) is 35.2 Å². The third kappa shape index (κ3) is 7.00. The molecule has 0 radical (unpaired) electrons. The molecule has 0 spiro atoms. The molecule has 264 valence electrons. The summed E-state index contributed by atoms with van der Waals surface area (Å²) in [7, 11) is -3.70. The summed E-state index contributed by atoms with van der Waals surface area (Å²) in [6, 6.07) is 18.5. The first-order valence-corrected chi connectivity index (χ1v) is 18.6. The van der Waals surface area contributed by atoms with E-state index in [0.29, 0.717) is 50.9 Å². The second-order valence-corrected chi connectivity index (χ2v) is 15.8. The number of hydrogen-bond acceptors (Lipinski definition) is 6. The molecule has 1 aliphatic carbocycles. The van der Waals surface area contributed by atoms with E-state index in [2.05, 4.69) is 10.2 Å². The lowest BCUT2D eigenvalue weighted by molar-refractivity contribution is -0.137. The maximum atomic E-state index is 14.6. The third-order valence-corrected chi connectivity index (χ3v) is 11.4. The van der Waals surface area contributed by atoms with Gasteiger partial charge in [-0.15, -0.1) is 0 Å². The van der Waals surface area contributed by atoms with Gasteiger partial charge in [-0.3, -0.25) is 14.6 Å². The Bertz CT molecular complexity index is 2040. The predicted octanol–water partition coefficient (Wildman–Crippen LogP) is 7.05. The Kier molecular flexibility index (Phi) is 8.75. The van der Waals surface area contributed by atoms with Gasteiger partial charge in [-0.05, 0) is 74.7 Å². The van der Waals surface area contributed by atoms with Crippen molar-refractivity contribution < 1.29 is 35.2 Å². The molecule has 1 amide bonds. The number of halogens is 5. The minimum atomic E-state index is -4.63. The van der Waals surface area contributed by atoms with Gasteiger partial charge in [0.25, 0.3) is 11.8 Å². The van der Waals surface area contributed by atoms with Crippen LogP contribution in [0.1, 0.15) is 59.2 Å². The molecule has 3 aromatic carbocycles. The molecular formula is C37H37F5N4O3S. The molecule has 7 nitrogen and oxygen atoms in total. The van der Waals surface area contributed by atoms with E-state index in [0.717, 1.165) is 24.0 Å². The quantitative estimate of drug-likeness (QED) is 0.197. The molecule has 3 heterocycles. The Morgan fingerprint density at radius 2 is 1.66 bits per heavy atom. The zero-order valence-electron chi connectivity index (χ0n) is 27.4. The average Bonchev–Trinajstić information content (AvgIpc) is 3.77. The first kappa shape index (κ1) is 34.5. The Morgan fingerprint density at radius 3 is 2.28 bits per heavy atom. The van der Waals surface area contributed by atoms with Crippen molar-refractivity contribution in [2.75, 3.05) is 32.4 Å². The molecule has 13 heteroatoms. The van der Waals surface area contributed by atoms with E-state index in [-0.39, 0.29) is 58.2 Å². The molecule has 1 aromatic heterocycles. The van der Waals surface area contributed by atoms with Crippen molar-refractivity contribution in [1.82, 2.24) is 20.1 Å². The fraction of sp³-hybridized carbons (Fsp3) is 0.405. The zero-order valence-corrected chi connectivity index (χ0v) is 28.3. The first-order valence-electron chi connectivity index (χ1n) is 16.7. The topological polar surface area (TPSA) is 82.6 Å². The van der Waals surface area contributed by atoms with Gasteiger partial charge in [0.2, 0.25) is 0 Å². The number of piperidine rings is 1. The maximum absolute atomic E-state index is 14.6. The first-order chi connectivity index (χ1) is 23.6. The summed E-state index contributed by atoms with van der Waals surface area (Å²) in [5.74, 6) is -3.19. The molecule has 1 N–H and O–H groups in total. The smallest absolute Gasteiger partial charge is 0.342 e. The SMILES string of the molecule is CS(=O)(=O)c1ccc2nc(-c3cccc(C(F)(F)F)c3)c(CN3CCC(N4CCC(F)(F)C4)CC3)c(C(=O)NC3(c4ccccc4)CC3)c2c1. The number of alkyl halides is 5. The van der Waals surface area contributed by atoms with Crippen molar-refractivity contribution in [3.05, 3.63) is 95.1 Å². The number of amides is 1. The summed E-state index contributed by atoms with van der Waals surface area (Å²) in [5.41, 5.74) is 0.529. The van der Waals surface area contributed by atoms with Crippen molar-refractivity contribution in [3.8, 4) is 11.3 Å². The molecule has 2 saturated heterocycles. The monoisotopic (exact) mass is 712 g/mol. The molecule has 4 aromatic rings. The Hall–Kier alpha value is -3.94. The highest BCUT2D eigenvalue weighted by molar-refractivity contribution is 7.90. The highest BCUT2D eigenvalue weighted by Crippen LogP contribution is 2.46. The number of nitrogens with one attached hydrogen (secondary N) is 1. The summed E-state index contributed by atoms with van der Waals surface area (Å²) in [6.07, 6.45) is -1.17. The van der Waals surface area contributed by atoms with Crippen LogP contribution in [-0.2, 0) is 28.1 Å². The number of hydrogen-bond donors (Lipinski definition) is 1. The lowest BCUT2D eigenvalue weighted by atomic mass is 9.93. The molecule has 1 saturated carbocycles. The number of rotatable bonds is 8. The summed E-state index contributed by atoms with van der Waals surface area (Å²) >= 11 is 0. The van der Waals surface area contributed by atoms with Crippen LogP contribution in [0.15, 0.2) is 77.7 Å². The van der Waals surface area contributed by atoms with Gasteiger partial charge in [0.05, 0.1) is 39.3 Å². The fourth-order valence-corrected chi connectivity index (χ4v) is 8.04. The van der Waals surface area contributed by atoms with Crippen LogP contribution >= 0.6 is 0 Å². The molecule has 3 fully saturated rings. The molecule has 0 unspecified atom stereocenters. The number of sulfone groups is 1. The van der Waals surface area contributed by atoms with Crippen LogP contribution < -0.4 is 5.32 Å². The molecule has 50 heavy (non-hydrogen) atoms. The van der Waals surface area contributed by atoms with Gasteiger partial charge < -0.3 is 5.32 Å². The van der Waals surface area contributed by atoms with E-state index in [4.69, 9.17) is 4.98 Å². The van der Waals surface area contributed by atoms with Crippen LogP contribution in [-0.4, -0.2) is 73.5 Å². The van der Waals surface area contributed by atoms with Gasteiger partial charge in [0.1, 0.15) is 0 Å². The summed E-state index contributed by atoms with van der Waals surface area (Å²) in [5, 5.41) is 3.47. The van der Waals surface area contributed by atoms with Crippen molar-refractivity contribution >= 4 is 26.6 Å². The molecule has 7 rings (SSSR count). The van der Waals surface area contributed by atoms with Gasteiger partial charge in [-0.1, -0.05) is 42.5 Å². The number of fused-ring (bicyclic) bond motifs is 1. The second-order valence-electron chi connectivity index (χ2n) is 13.8. The van der Waals surface area contributed by atoms with E-state index in [1.54, 1.807) is 0 Å². The molecule has 0 bridgehead atoms. The van der Waals surface area contributed by atoms with E-state index in [1.165, 1.54) is 30.3 Å². The number of pyridine rings is 1. The number of aromatic nitrogens is 1. The highest BCUT2D eigenvalue weighted by atomic mass is 32.2. The van der Waals surface area contributed by atoms with Gasteiger partial charge in [0, 0.05) is 48.3 Å². The van der Waals surface area contributed by atoms with Crippen LogP contribution in [0.5, 0.6) is 0 Å². The predicted molar refractivity (Wildman–Crippen MR) is 180 cm³/mol. The summed E-state index contributed by atoms with van der Waals surface area (Å²) in [6.45, 7) is 1.18. The van der Waals surface area contributed by atoms with Gasteiger partial charge >= 0.3 is 6.18 Å². The van der Waals surface area contributed by atoms with Crippen molar-refractivity contribution in [2.24, 2.45) is 0 Å². The van der Waals surface area contributed by atoms with Crippen LogP contribution in [0.2, 0.25) is 0 Å². The highest BCUT2D eigenvalue weighted by Gasteiger charge is 2.46. The van der Waals surface area contributed by atoms with E-state index < -0.39 is 38.9 Å². The third-order valence-electron chi connectivity index (χ3n) is 10.3. The standard InChI is InChI=1S/C37H37F5N4O3S/c1-50(48,49)28-10-11-31-29(21-28)32(34(47)44-35(14-15-35)25-7-3-2-4-8-25)30(33(43-31)24-6-5-9-26(20-24)37(40,41)42)22-45-17-12-27(13-18-45)46-19-16-36(38,39)23-46/h2-11,20-21,27H,12-19,22-23H2,1H3,(H,44,47). The van der Waals surface area contributed by atoms with Crippen LogP contribution in [0.4, 0.5) is 22.0 Å². The number of carbonyl (C=O) groups excluding carboxylic acids is 1. The van der Waals surface area contributed by atoms with E-state index in [9.17, 15) is 35.2 Å². The Balaban J connectivity index is 1.35. The Morgan fingerprint density at radius 1 is 0.940 bits per heavy atom. The van der Waals surface area contributed by atoms with Crippen molar-refractivity contribution in [3.63, 3.8) is 0 Å². The van der Waals surface area contributed by atoms with Crippen LogP contribution in [0, 0.1) is 0 Å². The largest absolute Gasteiger partial charge is 0.416 e.